The van der Waals surface area contributed by atoms with E-state index in [4.69, 9.17) is 0 Å². The molecule has 132 valence electrons. The van der Waals surface area contributed by atoms with Crippen LogP contribution in [0.4, 0.5) is 0 Å². The molecule has 1 fully saturated rings. The summed E-state index contributed by atoms with van der Waals surface area (Å²) in [5, 5.41) is 12.4. The first kappa shape index (κ1) is 18.5. The van der Waals surface area contributed by atoms with Gasteiger partial charge in [-0.1, -0.05) is 29.3 Å². The summed E-state index contributed by atoms with van der Waals surface area (Å²) < 4.78 is 0. The van der Waals surface area contributed by atoms with Gasteiger partial charge >= 0.3 is 0 Å². The number of benzene rings is 1. The third-order valence-electron chi connectivity index (χ3n) is 4.50. The Morgan fingerprint density at radius 2 is 1.75 bits per heavy atom. The van der Waals surface area contributed by atoms with Crippen molar-refractivity contribution >= 4 is 11.8 Å². The van der Waals surface area contributed by atoms with Crippen molar-refractivity contribution in [1.29, 1.82) is 0 Å². The molecule has 24 heavy (non-hydrogen) atoms. The molecule has 1 aliphatic rings. The van der Waals surface area contributed by atoms with E-state index in [1.807, 2.05) is 20.8 Å². The molecule has 1 heterocycles. The van der Waals surface area contributed by atoms with Gasteiger partial charge in [-0.2, -0.15) is 0 Å². The van der Waals surface area contributed by atoms with Gasteiger partial charge in [0.2, 0.25) is 11.8 Å². The van der Waals surface area contributed by atoms with Gasteiger partial charge in [0, 0.05) is 25.9 Å². The minimum absolute atomic E-state index is 0.00361. The van der Waals surface area contributed by atoms with Crippen molar-refractivity contribution in [1.82, 2.24) is 10.2 Å². The lowest BCUT2D eigenvalue weighted by Gasteiger charge is -2.29. The van der Waals surface area contributed by atoms with Crippen LogP contribution in [0.25, 0.3) is 0 Å². The van der Waals surface area contributed by atoms with Crippen molar-refractivity contribution in [3.63, 3.8) is 0 Å². The summed E-state index contributed by atoms with van der Waals surface area (Å²) in [6.07, 6.45) is 1.38. The summed E-state index contributed by atoms with van der Waals surface area (Å²) in [4.78, 5) is 26.0. The number of nitrogens with one attached hydrogen (secondary N) is 1. The molecule has 5 nitrogen and oxygen atoms in total. The van der Waals surface area contributed by atoms with Crippen LogP contribution in [0.3, 0.4) is 0 Å². The summed E-state index contributed by atoms with van der Waals surface area (Å²) in [5.41, 5.74) is 3.43. The van der Waals surface area contributed by atoms with Gasteiger partial charge in [0.15, 0.2) is 0 Å². The molecule has 0 aliphatic carbocycles. The third kappa shape index (κ3) is 5.34. The average molecular weight is 332 g/mol. The zero-order valence-corrected chi connectivity index (χ0v) is 14.8. The van der Waals surface area contributed by atoms with Crippen LogP contribution in [0.2, 0.25) is 0 Å². The van der Waals surface area contributed by atoms with Crippen LogP contribution in [0.1, 0.15) is 55.3 Å². The van der Waals surface area contributed by atoms with E-state index in [1.165, 1.54) is 11.1 Å². The zero-order chi connectivity index (χ0) is 17.7. The van der Waals surface area contributed by atoms with E-state index in [1.54, 1.807) is 4.90 Å². The van der Waals surface area contributed by atoms with Crippen LogP contribution in [-0.4, -0.2) is 41.0 Å². The Morgan fingerprint density at radius 3 is 2.33 bits per heavy atom. The van der Waals surface area contributed by atoms with E-state index in [0.29, 0.717) is 25.9 Å². The highest BCUT2D eigenvalue weighted by molar-refractivity contribution is 5.84. The summed E-state index contributed by atoms with van der Waals surface area (Å²) in [6.45, 7) is 7.21. The van der Waals surface area contributed by atoms with Gasteiger partial charge in [0.1, 0.15) is 0 Å². The molecule has 2 amide bonds. The Labute approximate surface area is 144 Å². The summed E-state index contributed by atoms with van der Waals surface area (Å²) >= 11 is 0. The molecular formula is C19H28N2O3. The molecule has 1 atom stereocenters. The molecule has 1 aromatic rings. The van der Waals surface area contributed by atoms with Gasteiger partial charge in [0.25, 0.3) is 0 Å². The molecule has 0 radical (unpaired) electrons. The number of amides is 2. The monoisotopic (exact) mass is 332 g/mol. The summed E-state index contributed by atoms with van der Waals surface area (Å²) in [7, 11) is 0. The average Bonchev–Trinajstić information content (AvgIpc) is 2.52. The number of nitrogens with zero attached hydrogens (tertiary/aromatic N) is 1. The second-order valence-corrected chi connectivity index (χ2v) is 6.82. The van der Waals surface area contributed by atoms with Crippen molar-refractivity contribution in [3.8, 4) is 0 Å². The maximum Gasteiger partial charge on any atom is 0.223 e. The standard InChI is InChI=1S/C19H28N2O3/c1-13-10-14(2)12-16(11-13)15(3)20-18(23)4-5-19(24)21-8-6-17(22)7-9-21/h10-12,15,17,22H,4-9H2,1-3H3,(H,20,23). The highest BCUT2D eigenvalue weighted by Gasteiger charge is 2.21. The molecule has 0 spiro atoms. The van der Waals surface area contributed by atoms with E-state index >= 15 is 0 Å². The molecule has 2 rings (SSSR count). The molecule has 1 aliphatic heterocycles. The van der Waals surface area contributed by atoms with E-state index < -0.39 is 0 Å². The van der Waals surface area contributed by atoms with E-state index in [2.05, 4.69) is 23.5 Å². The first-order chi connectivity index (χ1) is 11.3. The lowest BCUT2D eigenvalue weighted by Crippen LogP contribution is -2.40. The predicted octanol–water partition coefficient (Wildman–Crippen LogP) is 2.24. The fourth-order valence-corrected chi connectivity index (χ4v) is 3.15. The minimum Gasteiger partial charge on any atom is -0.393 e. The zero-order valence-electron chi connectivity index (χ0n) is 14.8. The lowest BCUT2D eigenvalue weighted by molar-refractivity contribution is -0.135. The van der Waals surface area contributed by atoms with E-state index in [9.17, 15) is 14.7 Å². The van der Waals surface area contributed by atoms with E-state index in [-0.39, 0.29) is 36.8 Å². The van der Waals surface area contributed by atoms with Crippen molar-refractivity contribution in [2.75, 3.05) is 13.1 Å². The summed E-state index contributed by atoms with van der Waals surface area (Å²) in [6, 6.07) is 6.17. The predicted molar refractivity (Wildman–Crippen MR) is 93.5 cm³/mol. The lowest BCUT2D eigenvalue weighted by atomic mass is 10.0. The molecule has 0 bridgehead atoms. The highest BCUT2D eigenvalue weighted by atomic mass is 16.3. The first-order valence-corrected chi connectivity index (χ1v) is 8.68. The first-order valence-electron chi connectivity index (χ1n) is 8.68. The number of hydrogen-bond acceptors (Lipinski definition) is 3. The van der Waals surface area contributed by atoms with Crippen LogP contribution in [0.5, 0.6) is 0 Å². The number of carbonyl (C=O) groups excluding carboxylic acids is 2. The second-order valence-electron chi connectivity index (χ2n) is 6.82. The van der Waals surface area contributed by atoms with Crippen LogP contribution < -0.4 is 5.32 Å². The molecule has 1 unspecified atom stereocenters. The maximum atomic E-state index is 12.1. The topological polar surface area (TPSA) is 69.6 Å². The number of aliphatic hydroxyl groups is 1. The Kier molecular flexibility index (Phi) is 6.37. The number of likely N-dealkylation sites (tertiary alicyclic amines) is 1. The van der Waals surface area contributed by atoms with Crippen molar-refractivity contribution in [2.24, 2.45) is 0 Å². The Bertz CT molecular complexity index is 572. The smallest absolute Gasteiger partial charge is 0.223 e. The third-order valence-corrected chi connectivity index (χ3v) is 4.50. The Morgan fingerprint density at radius 1 is 1.17 bits per heavy atom. The van der Waals surface area contributed by atoms with Gasteiger partial charge in [-0.15, -0.1) is 0 Å². The van der Waals surface area contributed by atoms with Gasteiger partial charge in [-0.25, -0.2) is 0 Å². The Balaban J connectivity index is 1.79. The van der Waals surface area contributed by atoms with Gasteiger partial charge in [0.05, 0.1) is 12.1 Å². The summed E-state index contributed by atoms with van der Waals surface area (Å²) in [5.74, 6) is -0.108. The Hall–Kier alpha value is -1.88. The minimum atomic E-state index is -0.295. The van der Waals surface area contributed by atoms with Crippen molar-refractivity contribution in [3.05, 3.63) is 34.9 Å². The molecule has 0 aromatic heterocycles. The van der Waals surface area contributed by atoms with Gasteiger partial charge in [-0.3, -0.25) is 9.59 Å². The van der Waals surface area contributed by atoms with Crippen LogP contribution >= 0.6 is 0 Å². The number of hydrogen-bond donors (Lipinski definition) is 2. The maximum absolute atomic E-state index is 12.1. The molecule has 2 N–H and O–H groups in total. The number of carbonyl (C=O) groups is 2. The van der Waals surface area contributed by atoms with Gasteiger partial charge < -0.3 is 15.3 Å². The largest absolute Gasteiger partial charge is 0.393 e. The van der Waals surface area contributed by atoms with E-state index in [0.717, 1.165) is 5.56 Å². The van der Waals surface area contributed by atoms with Crippen LogP contribution in [0.15, 0.2) is 18.2 Å². The van der Waals surface area contributed by atoms with Crippen LogP contribution in [-0.2, 0) is 9.59 Å². The van der Waals surface area contributed by atoms with Crippen molar-refractivity contribution < 1.29 is 14.7 Å². The number of rotatable bonds is 5. The fraction of sp³-hybridized carbons (Fsp3) is 0.579. The second kappa shape index (κ2) is 8.29. The SMILES string of the molecule is Cc1cc(C)cc(C(C)NC(=O)CCC(=O)N2CCC(O)CC2)c1. The van der Waals surface area contributed by atoms with Gasteiger partial charge in [-0.05, 0) is 39.2 Å². The van der Waals surface area contributed by atoms with Crippen LogP contribution in [0, 0.1) is 13.8 Å². The normalized spacial score (nSPS) is 16.8. The molecule has 1 aromatic carbocycles. The number of aryl methyl sites for hydroxylation is 2. The highest BCUT2D eigenvalue weighted by Crippen LogP contribution is 2.17. The quantitative estimate of drug-likeness (QED) is 0.869. The molecule has 0 saturated carbocycles. The number of aliphatic hydroxyl groups excluding tert-OH is 1. The number of piperidine rings is 1. The fourth-order valence-electron chi connectivity index (χ4n) is 3.15. The molecular weight excluding hydrogens is 304 g/mol. The van der Waals surface area contributed by atoms with Crippen molar-refractivity contribution in [2.45, 2.75) is 58.6 Å². The molecule has 1 saturated heterocycles. The molecule has 5 heteroatoms.